The van der Waals surface area contributed by atoms with Crippen molar-refractivity contribution in [2.75, 3.05) is 26.7 Å². The molecule has 1 atom stereocenters. The van der Waals surface area contributed by atoms with Crippen LogP contribution >= 0.6 is 0 Å². The number of hydrogen-bond donors (Lipinski definition) is 1. The van der Waals surface area contributed by atoms with Gasteiger partial charge in [0, 0.05) is 31.7 Å². The van der Waals surface area contributed by atoms with E-state index in [1.165, 1.54) is 0 Å². The number of nitrogens with zero attached hydrogens (tertiary/aromatic N) is 2. The Morgan fingerprint density at radius 3 is 2.58 bits per heavy atom. The Hall–Kier alpha value is -0.810. The third kappa shape index (κ3) is 3.20. The highest BCUT2D eigenvalue weighted by Gasteiger charge is 2.50. The number of hydrogen-bond acceptors (Lipinski definition) is 4. The van der Waals surface area contributed by atoms with Gasteiger partial charge in [-0.3, -0.25) is 4.90 Å². The van der Waals surface area contributed by atoms with Crippen molar-refractivity contribution in [3.05, 3.63) is 0 Å². The second kappa shape index (κ2) is 4.94. The normalized spacial score (nSPS) is 26.3. The molecule has 1 saturated heterocycles. The molecule has 0 radical (unpaired) electrons. The highest BCUT2D eigenvalue weighted by atomic mass is 16.6. The molecule has 5 nitrogen and oxygen atoms in total. The summed E-state index contributed by atoms with van der Waals surface area (Å²) >= 11 is 0. The molecule has 110 valence electrons. The molecular formula is C14H26N2O3. The van der Waals surface area contributed by atoms with E-state index in [4.69, 9.17) is 4.74 Å². The molecular weight excluding hydrogens is 244 g/mol. The summed E-state index contributed by atoms with van der Waals surface area (Å²) in [5.41, 5.74) is -0.435. The average Bonchev–Trinajstić information content (AvgIpc) is 2.96. The van der Waals surface area contributed by atoms with Crippen LogP contribution in [0.15, 0.2) is 0 Å². The molecule has 1 saturated carbocycles. The number of ether oxygens (including phenoxy) is 1. The van der Waals surface area contributed by atoms with Gasteiger partial charge in [-0.15, -0.1) is 0 Å². The molecule has 2 aliphatic rings. The average molecular weight is 270 g/mol. The molecule has 1 aliphatic carbocycles. The Labute approximate surface area is 115 Å². The first-order valence-corrected chi connectivity index (χ1v) is 7.09. The molecule has 1 heterocycles. The lowest BCUT2D eigenvalue weighted by molar-refractivity contribution is 0.0218. The van der Waals surface area contributed by atoms with Crippen molar-refractivity contribution in [2.45, 2.75) is 57.2 Å². The van der Waals surface area contributed by atoms with Gasteiger partial charge in [-0.1, -0.05) is 0 Å². The van der Waals surface area contributed by atoms with Gasteiger partial charge >= 0.3 is 6.09 Å². The fraction of sp³-hybridized carbons (Fsp3) is 0.929. The smallest absolute Gasteiger partial charge is 0.410 e. The van der Waals surface area contributed by atoms with Gasteiger partial charge in [0.1, 0.15) is 5.60 Å². The molecule has 0 aromatic heterocycles. The topological polar surface area (TPSA) is 53.0 Å². The maximum atomic E-state index is 12.0. The van der Waals surface area contributed by atoms with Crippen molar-refractivity contribution in [1.29, 1.82) is 0 Å². The molecule has 1 amide bonds. The van der Waals surface area contributed by atoms with Gasteiger partial charge in [-0.05, 0) is 40.0 Å². The molecule has 0 bridgehead atoms. The minimum atomic E-state index is -0.452. The van der Waals surface area contributed by atoms with Crippen molar-refractivity contribution in [3.63, 3.8) is 0 Å². The van der Waals surface area contributed by atoms with Gasteiger partial charge in [-0.25, -0.2) is 4.79 Å². The lowest BCUT2D eigenvalue weighted by Gasteiger charge is -2.30. The maximum absolute atomic E-state index is 12.0. The predicted octanol–water partition coefficient (Wildman–Crippen LogP) is 1.45. The Bertz CT molecular complexity index is 347. The van der Waals surface area contributed by atoms with Gasteiger partial charge in [0.05, 0.1) is 6.61 Å². The van der Waals surface area contributed by atoms with E-state index in [-0.39, 0.29) is 24.3 Å². The molecule has 2 fully saturated rings. The van der Waals surface area contributed by atoms with Crippen LogP contribution in [0.5, 0.6) is 0 Å². The van der Waals surface area contributed by atoms with E-state index in [9.17, 15) is 9.90 Å². The third-order valence-corrected chi connectivity index (χ3v) is 4.18. The quantitative estimate of drug-likeness (QED) is 0.843. The Balaban J connectivity index is 1.88. The molecule has 19 heavy (non-hydrogen) atoms. The fourth-order valence-corrected chi connectivity index (χ4v) is 2.69. The van der Waals surface area contributed by atoms with E-state index >= 15 is 0 Å². The Morgan fingerprint density at radius 2 is 2.11 bits per heavy atom. The maximum Gasteiger partial charge on any atom is 0.410 e. The van der Waals surface area contributed by atoms with Gasteiger partial charge < -0.3 is 14.7 Å². The van der Waals surface area contributed by atoms with E-state index in [0.717, 1.165) is 32.4 Å². The summed E-state index contributed by atoms with van der Waals surface area (Å²) in [6.45, 7) is 7.67. The van der Waals surface area contributed by atoms with Crippen LogP contribution in [0.3, 0.4) is 0 Å². The lowest BCUT2D eigenvalue weighted by atomic mass is 10.2. The van der Waals surface area contributed by atoms with E-state index in [1.807, 2.05) is 20.8 Å². The molecule has 0 spiro atoms. The zero-order valence-electron chi connectivity index (χ0n) is 12.5. The molecule has 2 rings (SSSR count). The number of carbonyl (C=O) groups is 1. The largest absolute Gasteiger partial charge is 0.444 e. The molecule has 0 unspecified atom stereocenters. The summed E-state index contributed by atoms with van der Waals surface area (Å²) in [4.78, 5) is 16.1. The highest BCUT2D eigenvalue weighted by Crippen LogP contribution is 2.43. The van der Waals surface area contributed by atoms with Crippen LogP contribution in [-0.2, 0) is 4.74 Å². The van der Waals surface area contributed by atoms with Gasteiger partial charge in [-0.2, -0.15) is 0 Å². The van der Waals surface area contributed by atoms with Crippen LogP contribution in [0.4, 0.5) is 4.79 Å². The first-order chi connectivity index (χ1) is 8.77. The fourth-order valence-electron chi connectivity index (χ4n) is 2.69. The van der Waals surface area contributed by atoms with Gasteiger partial charge in [0.15, 0.2) is 0 Å². The molecule has 1 N–H and O–H groups in total. The van der Waals surface area contributed by atoms with Crippen molar-refractivity contribution < 1.29 is 14.6 Å². The zero-order chi connectivity index (χ0) is 14.3. The third-order valence-electron chi connectivity index (χ3n) is 4.18. The Kier molecular flexibility index (Phi) is 3.80. The number of rotatable bonds is 3. The molecule has 1 aliphatic heterocycles. The minimum absolute atomic E-state index is 0.0174. The number of likely N-dealkylation sites (tertiary alicyclic amines) is 1. The standard InChI is InChI=1S/C14H26N2O3/c1-13(2,3)19-12(18)15(4)11-5-8-16(9-11)14(10-17)6-7-14/h11,17H,5-10H2,1-4H3/t11-/m1/s1. The zero-order valence-corrected chi connectivity index (χ0v) is 12.5. The highest BCUT2D eigenvalue weighted by molar-refractivity contribution is 5.68. The number of carbonyl (C=O) groups excluding carboxylic acids is 1. The summed E-state index contributed by atoms with van der Waals surface area (Å²) in [7, 11) is 1.81. The van der Waals surface area contributed by atoms with Crippen LogP contribution in [0.2, 0.25) is 0 Å². The number of amides is 1. The lowest BCUT2D eigenvalue weighted by Crippen LogP contribution is -2.44. The van der Waals surface area contributed by atoms with Crippen molar-refractivity contribution in [2.24, 2.45) is 0 Å². The van der Waals surface area contributed by atoms with E-state index in [2.05, 4.69) is 4.90 Å². The summed E-state index contributed by atoms with van der Waals surface area (Å²) < 4.78 is 5.39. The summed E-state index contributed by atoms with van der Waals surface area (Å²) in [6, 6.07) is 0.193. The monoisotopic (exact) mass is 270 g/mol. The van der Waals surface area contributed by atoms with Gasteiger partial charge in [0.25, 0.3) is 0 Å². The van der Waals surface area contributed by atoms with Crippen LogP contribution < -0.4 is 0 Å². The van der Waals surface area contributed by atoms with Crippen molar-refractivity contribution in [1.82, 2.24) is 9.80 Å². The SMILES string of the molecule is CN(C(=O)OC(C)(C)C)[C@@H]1CCN(C2(CO)CC2)C1. The summed E-state index contributed by atoms with van der Waals surface area (Å²) in [5.74, 6) is 0. The van der Waals surface area contributed by atoms with Crippen LogP contribution in [0, 0.1) is 0 Å². The van der Waals surface area contributed by atoms with Crippen molar-refractivity contribution in [3.8, 4) is 0 Å². The summed E-state index contributed by atoms with van der Waals surface area (Å²) in [5, 5.41) is 9.46. The molecule has 0 aromatic carbocycles. The van der Waals surface area contributed by atoms with Crippen LogP contribution in [-0.4, -0.2) is 64.9 Å². The van der Waals surface area contributed by atoms with Crippen molar-refractivity contribution >= 4 is 6.09 Å². The number of likely N-dealkylation sites (N-methyl/N-ethyl adjacent to an activating group) is 1. The summed E-state index contributed by atoms with van der Waals surface area (Å²) in [6.07, 6.45) is 2.85. The second-order valence-corrected chi connectivity index (χ2v) is 6.86. The van der Waals surface area contributed by atoms with E-state index in [1.54, 1.807) is 11.9 Å². The minimum Gasteiger partial charge on any atom is -0.444 e. The van der Waals surface area contributed by atoms with Gasteiger partial charge in [0.2, 0.25) is 0 Å². The number of aliphatic hydroxyl groups excluding tert-OH is 1. The Morgan fingerprint density at radius 1 is 1.47 bits per heavy atom. The second-order valence-electron chi connectivity index (χ2n) is 6.86. The van der Waals surface area contributed by atoms with E-state index in [0.29, 0.717) is 0 Å². The van der Waals surface area contributed by atoms with E-state index < -0.39 is 5.60 Å². The van der Waals surface area contributed by atoms with Crippen LogP contribution in [0.25, 0.3) is 0 Å². The first-order valence-electron chi connectivity index (χ1n) is 7.09. The number of aliphatic hydroxyl groups is 1. The first kappa shape index (κ1) is 14.6. The molecule has 0 aromatic rings. The molecule has 5 heteroatoms. The predicted molar refractivity (Wildman–Crippen MR) is 73.0 cm³/mol. The van der Waals surface area contributed by atoms with Crippen LogP contribution in [0.1, 0.15) is 40.0 Å².